The lowest BCUT2D eigenvalue weighted by molar-refractivity contribution is 0.677. The minimum absolute atomic E-state index is 0.406. The van der Waals surface area contributed by atoms with Crippen LogP contribution in [0.5, 0.6) is 0 Å². The average Bonchev–Trinajstić information content (AvgIpc) is 2.15. The molecular formula is C13H23ClN2Si. The maximum Gasteiger partial charge on any atom is 0.132 e. The smallest absolute Gasteiger partial charge is 0.132 e. The van der Waals surface area contributed by atoms with Crippen molar-refractivity contribution in [1.82, 2.24) is 9.97 Å². The Morgan fingerprint density at radius 1 is 1.29 bits per heavy atom. The van der Waals surface area contributed by atoms with E-state index in [2.05, 4.69) is 50.8 Å². The molecule has 0 fully saturated rings. The summed E-state index contributed by atoms with van der Waals surface area (Å²) in [6, 6.07) is 1.88. The standard InChI is InChI=1S/C13H23ClN2Si/c1-10(17(5,6)13(2,3)4)7-11-8-12(14)16-9-15-11/h8-10H,7H2,1-6H3/t10-/m0/s1. The third kappa shape index (κ3) is 3.52. The summed E-state index contributed by atoms with van der Waals surface area (Å²) in [5, 5.41) is 0.945. The highest BCUT2D eigenvalue weighted by Crippen LogP contribution is 2.44. The zero-order chi connectivity index (χ0) is 13.3. The van der Waals surface area contributed by atoms with E-state index in [4.69, 9.17) is 11.6 Å². The Labute approximate surface area is 111 Å². The van der Waals surface area contributed by atoms with Crippen LogP contribution in [0.2, 0.25) is 28.8 Å². The molecule has 1 aromatic rings. The van der Waals surface area contributed by atoms with Crippen LogP contribution in [-0.4, -0.2) is 18.0 Å². The molecule has 4 heteroatoms. The predicted molar refractivity (Wildman–Crippen MR) is 77.4 cm³/mol. The summed E-state index contributed by atoms with van der Waals surface area (Å²) in [4.78, 5) is 8.23. The van der Waals surface area contributed by atoms with Gasteiger partial charge in [0.15, 0.2) is 0 Å². The molecule has 0 saturated heterocycles. The molecule has 17 heavy (non-hydrogen) atoms. The summed E-state index contributed by atoms with van der Waals surface area (Å²) in [6.07, 6.45) is 2.55. The summed E-state index contributed by atoms with van der Waals surface area (Å²) < 4.78 is 0. The first-order valence-electron chi connectivity index (χ1n) is 6.11. The molecule has 2 nitrogen and oxygen atoms in total. The molecule has 0 radical (unpaired) electrons. The van der Waals surface area contributed by atoms with Gasteiger partial charge in [0.05, 0.1) is 8.07 Å². The molecular weight excluding hydrogens is 248 g/mol. The van der Waals surface area contributed by atoms with E-state index in [0.29, 0.717) is 15.7 Å². The molecule has 1 aromatic heterocycles. The Morgan fingerprint density at radius 2 is 1.88 bits per heavy atom. The van der Waals surface area contributed by atoms with Crippen LogP contribution in [0.25, 0.3) is 0 Å². The molecule has 0 spiro atoms. The van der Waals surface area contributed by atoms with Crippen LogP contribution in [0.1, 0.15) is 33.4 Å². The van der Waals surface area contributed by atoms with Crippen LogP contribution in [0, 0.1) is 0 Å². The van der Waals surface area contributed by atoms with Gasteiger partial charge >= 0.3 is 0 Å². The maximum atomic E-state index is 5.89. The first-order chi connectivity index (χ1) is 7.64. The Hall–Kier alpha value is -0.413. The Kier molecular flexibility index (Phi) is 4.36. The first kappa shape index (κ1) is 14.6. The second kappa shape index (κ2) is 5.07. The highest BCUT2D eigenvalue weighted by molar-refractivity contribution is 6.81. The van der Waals surface area contributed by atoms with Gasteiger partial charge in [0, 0.05) is 5.69 Å². The fourth-order valence-electron chi connectivity index (χ4n) is 1.79. The highest BCUT2D eigenvalue weighted by atomic mass is 35.5. The lowest BCUT2D eigenvalue weighted by atomic mass is 10.2. The molecule has 0 aromatic carbocycles. The zero-order valence-electron chi connectivity index (χ0n) is 11.7. The van der Waals surface area contributed by atoms with Crippen molar-refractivity contribution >= 4 is 19.7 Å². The second-order valence-electron chi connectivity index (χ2n) is 6.41. The Balaban J connectivity index is 2.83. The van der Waals surface area contributed by atoms with Crippen molar-refractivity contribution < 1.29 is 0 Å². The van der Waals surface area contributed by atoms with Gasteiger partial charge in [-0.1, -0.05) is 52.4 Å². The van der Waals surface area contributed by atoms with Crippen molar-refractivity contribution in [2.75, 3.05) is 0 Å². The first-order valence-corrected chi connectivity index (χ1v) is 9.56. The van der Waals surface area contributed by atoms with Crippen LogP contribution >= 0.6 is 11.6 Å². The number of hydrogen-bond acceptors (Lipinski definition) is 2. The van der Waals surface area contributed by atoms with Crippen LogP contribution in [0.3, 0.4) is 0 Å². The van der Waals surface area contributed by atoms with E-state index in [1.54, 1.807) is 6.33 Å². The van der Waals surface area contributed by atoms with E-state index in [1.165, 1.54) is 0 Å². The lowest BCUT2D eigenvalue weighted by Gasteiger charge is -2.42. The summed E-state index contributed by atoms with van der Waals surface area (Å²) in [5.41, 5.74) is 1.73. The molecule has 1 rings (SSSR count). The molecule has 0 amide bonds. The molecule has 0 aliphatic carbocycles. The van der Waals surface area contributed by atoms with Gasteiger partial charge in [-0.15, -0.1) is 0 Å². The van der Waals surface area contributed by atoms with Gasteiger partial charge in [-0.2, -0.15) is 0 Å². The molecule has 0 unspecified atom stereocenters. The van der Waals surface area contributed by atoms with Crippen molar-refractivity contribution in [1.29, 1.82) is 0 Å². The SMILES string of the molecule is C[C@@H](Cc1cc(Cl)ncn1)[Si](C)(C)C(C)(C)C. The summed E-state index contributed by atoms with van der Waals surface area (Å²) in [5.74, 6) is 0. The van der Waals surface area contributed by atoms with Crippen molar-refractivity contribution in [2.45, 2.75) is 57.8 Å². The van der Waals surface area contributed by atoms with Crippen molar-refractivity contribution in [3.8, 4) is 0 Å². The second-order valence-corrected chi connectivity index (χ2v) is 12.7. The minimum Gasteiger partial charge on any atom is -0.241 e. The van der Waals surface area contributed by atoms with E-state index >= 15 is 0 Å². The maximum absolute atomic E-state index is 5.89. The monoisotopic (exact) mass is 270 g/mol. The Bertz CT molecular complexity index is 385. The molecule has 96 valence electrons. The predicted octanol–water partition coefficient (Wildman–Crippen LogP) is 4.57. The average molecular weight is 271 g/mol. The minimum atomic E-state index is -1.31. The lowest BCUT2D eigenvalue weighted by Crippen LogP contribution is -2.42. The van der Waals surface area contributed by atoms with Crippen molar-refractivity contribution in [3.63, 3.8) is 0 Å². The number of nitrogens with zero attached hydrogens (tertiary/aromatic N) is 2. The van der Waals surface area contributed by atoms with E-state index in [-0.39, 0.29) is 0 Å². The third-order valence-corrected chi connectivity index (χ3v) is 11.1. The fraction of sp³-hybridized carbons (Fsp3) is 0.692. The van der Waals surface area contributed by atoms with E-state index < -0.39 is 8.07 Å². The van der Waals surface area contributed by atoms with Gasteiger partial charge in [-0.05, 0) is 23.1 Å². The number of halogens is 1. The summed E-state index contributed by atoms with van der Waals surface area (Å²) >= 11 is 5.89. The fourth-order valence-corrected chi connectivity index (χ4v) is 4.16. The Morgan fingerprint density at radius 3 is 2.35 bits per heavy atom. The van der Waals surface area contributed by atoms with E-state index in [9.17, 15) is 0 Å². The van der Waals surface area contributed by atoms with Gasteiger partial charge in [0.25, 0.3) is 0 Å². The van der Waals surface area contributed by atoms with Crippen LogP contribution < -0.4 is 0 Å². The molecule has 0 saturated carbocycles. The number of aromatic nitrogens is 2. The van der Waals surface area contributed by atoms with Gasteiger partial charge < -0.3 is 0 Å². The third-order valence-electron chi connectivity index (χ3n) is 4.37. The van der Waals surface area contributed by atoms with E-state index in [1.807, 2.05) is 6.07 Å². The van der Waals surface area contributed by atoms with Gasteiger partial charge in [0.2, 0.25) is 0 Å². The molecule has 0 aliphatic rings. The molecule has 0 N–H and O–H groups in total. The van der Waals surface area contributed by atoms with Crippen molar-refractivity contribution in [2.24, 2.45) is 0 Å². The van der Waals surface area contributed by atoms with Crippen molar-refractivity contribution in [3.05, 3.63) is 23.2 Å². The molecule has 0 bridgehead atoms. The quantitative estimate of drug-likeness (QED) is 0.594. The van der Waals surface area contributed by atoms with Crippen LogP contribution in [-0.2, 0) is 6.42 Å². The molecule has 1 atom stereocenters. The summed E-state index contributed by atoms with van der Waals surface area (Å²) in [6.45, 7) is 14.3. The number of rotatable bonds is 3. The normalized spacial score (nSPS) is 14.8. The van der Waals surface area contributed by atoms with Crippen LogP contribution in [0.4, 0.5) is 0 Å². The van der Waals surface area contributed by atoms with Gasteiger partial charge in [-0.25, -0.2) is 9.97 Å². The van der Waals surface area contributed by atoms with Gasteiger partial charge in [0.1, 0.15) is 11.5 Å². The van der Waals surface area contributed by atoms with Crippen LogP contribution in [0.15, 0.2) is 12.4 Å². The zero-order valence-corrected chi connectivity index (χ0v) is 13.5. The van der Waals surface area contributed by atoms with E-state index in [0.717, 1.165) is 12.1 Å². The molecule has 0 aliphatic heterocycles. The number of hydrogen-bond donors (Lipinski definition) is 0. The molecule has 1 heterocycles. The summed E-state index contributed by atoms with van der Waals surface area (Å²) in [7, 11) is -1.31. The largest absolute Gasteiger partial charge is 0.241 e. The topological polar surface area (TPSA) is 25.8 Å². The van der Waals surface area contributed by atoms with Gasteiger partial charge in [-0.3, -0.25) is 0 Å². The highest BCUT2D eigenvalue weighted by Gasteiger charge is 2.39.